The van der Waals surface area contributed by atoms with E-state index in [0.717, 1.165) is 6.42 Å². The van der Waals surface area contributed by atoms with Crippen LogP contribution in [0.25, 0.3) is 0 Å². The molecule has 2 amide bonds. The molecule has 1 N–H and O–H groups in total. The smallest absolute Gasteiger partial charge is 0.273 e. The van der Waals surface area contributed by atoms with Crippen molar-refractivity contribution < 1.29 is 9.59 Å². The summed E-state index contributed by atoms with van der Waals surface area (Å²) in [6.45, 7) is 0.619. The molecule has 49 valence electrons. The van der Waals surface area contributed by atoms with Crippen molar-refractivity contribution >= 4 is 12.3 Å². The number of carbonyl (C=O) groups is 1. The van der Waals surface area contributed by atoms with E-state index in [1.807, 2.05) is 0 Å². The Bertz CT molecular complexity index is 135. The first kappa shape index (κ1) is 6.07. The van der Waals surface area contributed by atoms with E-state index in [1.165, 1.54) is 11.4 Å². The molecule has 1 aliphatic heterocycles. The van der Waals surface area contributed by atoms with Crippen LogP contribution < -0.4 is 5.43 Å². The second kappa shape index (κ2) is 2.48. The molecule has 0 bridgehead atoms. The van der Waals surface area contributed by atoms with Crippen LogP contribution in [0.4, 0.5) is 0 Å². The summed E-state index contributed by atoms with van der Waals surface area (Å²) in [5.41, 5.74) is 2.17. The quantitative estimate of drug-likeness (QED) is 0.493. The summed E-state index contributed by atoms with van der Waals surface area (Å²) in [6.07, 6.45) is 2.81. The molecule has 0 aromatic heterocycles. The van der Waals surface area contributed by atoms with Gasteiger partial charge in [-0.15, -0.1) is 0 Å². The maximum atomic E-state index is 10.6. The fourth-order valence-electron chi connectivity index (χ4n) is 0.821. The molecule has 0 unspecified atom stereocenters. The zero-order valence-corrected chi connectivity index (χ0v) is 4.89. The molecule has 9 heavy (non-hydrogen) atoms. The SMILES string of the molecule is O=[C]NN1CCCC1=O. The molecule has 0 aromatic carbocycles. The highest BCUT2D eigenvalue weighted by atomic mass is 16.2. The molecule has 1 aliphatic rings. The molecular formula is C5H7N2O2. The van der Waals surface area contributed by atoms with Gasteiger partial charge in [-0.1, -0.05) is 0 Å². The van der Waals surface area contributed by atoms with E-state index in [1.54, 1.807) is 0 Å². The lowest BCUT2D eigenvalue weighted by atomic mass is 10.4. The van der Waals surface area contributed by atoms with Crippen molar-refractivity contribution in [3.63, 3.8) is 0 Å². The van der Waals surface area contributed by atoms with Crippen molar-refractivity contribution in [3.05, 3.63) is 0 Å². The van der Waals surface area contributed by atoms with Crippen LogP contribution >= 0.6 is 0 Å². The average Bonchev–Trinajstić information content (AvgIpc) is 2.18. The molecule has 0 aliphatic carbocycles. The Labute approximate surface area is 52.8 Å². The highest BCUT2D eigenvalue weighted by molar-refractivity contribution is 5.78. The average molecular weight is 127 g/mol. The second-order valence-corrected chi connectivity index (χ2v) is 1.86. The van der Waals surface area contributed by atoms with Crippen LogP contribution in [0.5, 0.6) is 0 Å². The van der Waals surface area contributed by atoms with Crippen molar-refractivity contribution in [2.24, 2.45) is 0 Å². The highest BCUT2D eigenvalue weighted by Crippen LogP contribution is 2.04. The van der Waals surface area contributed by atoms with E-state index >= 15 is 0 Å². The summed E-state index contributed by atoms with van der Waals surface area (Å²) in [4.78, 5) is 20.3. The van der Waals surface area contributed by atoms with Gasteiger partial charge < -0.3 is 0 Å². The number of hydrogen-bond acceptors (Lipinski definition) is 2. The zero-order valence-electron chi connectivity index (χ0n) is 4.89. The van der Waals surface area contributed by atoms with E-state index in [9.17, 15) is 9.59 Å². The molecule has 0 atom stereocenters. The van der Waals surface area contributed by atoms with Crippen LogP contribution in [-0.4, -0.2) is 23.9 Å². The van der Waals surface area contributed by atoms with Gasteiger partial charge >= 0.3 is 6.41 Å². The number of hydrogen-bond donors (Lipinski definition) is 1. The van der Waals surface area contributed by atoms with E-state index in [0.29, 0.717) is 13.0 Å². The molecule has 1 saturated heterocycles. The number of nitrogens with zero attached hydrogens (tertiary/aromatic N) is 1. The van der Waals surface area contributed by atoms with E-state index < -0.39 is 0 Å². The molecule has 1 fully saturated rings. The monoisotopic (exact) mass is 127 g/mol. The van der Waals surface area contributed by atoms with Gasteiger partial charge in [0.15, 0.2) is 0 Å². The molecule has 0 saturated carbocycles. The topological polar surface area (TPSA) is 49.4 Å². The third kappa shape index (κ3) is 1.19. The van der Waals surface area contributed by atoms with Crippen molar-refractivity contribution in [1.29, 1.82) is 0 Å². The Balaban J connectivity index is 2.39. The van der Waals surface area contributed by atoms with Crippen LogP contribution in [0.15, 0.2) is 0 Å². The van der Waals surface area contributed by atoms with Crippen LogP contribution in [0.2, 0.25) is 0 Å². The number of hydrazine groups is 1. The van der Waals surface area contributed by atoms with E-state index in [4.69, 9.17) is 0 Å². The minimum atomic E-state index is -0.0293. The summed E-state index contributed by atoms with van der Waals surface area (Å²) in [5, 5.41) is 1.27. The van der Waals surface area contributed by atoms with Gasteiger partial charge in [-0.2, -0.15) is 0 Å². The summed E-state index contributed by atoms with van der Waals surface area (Å²) in [6, 6.07) is 0. The first-order valence-corrected chi connectivity index (χ1v) is 2.78. The minimum absolute atomic E-state index is 0.0293. The number of carbonyl (C=O) groups excluding carboxylic acids is 2. The molecule has 1 rings (SSSR count). The third-order valence-electron chi connectivity index (χ3n) is 1.25. The lowest BCUT2D eigenvalue weighted by molar-refractivity contribution is -0.129. The van der Waals surface area contributed by atoms with Crippen molar-refractivity contribution in [3.8, 4) is 0 Å². The Morgan fingerprint density at radius 2 is 2.44 bits per heavy atom. The van der Waals surface area contributed by atoms with Gasteiger partial charge in [-0.05, 0) is 6.42 Å². The molecular weight excluding hydrogens is 120 g/mol. The Morgan fingerprint density at radius 3 is 2.89 bits per heavy atom. The molecule has 4 nitrogen and oxygen atoms in total. The summed E-state index contributed by atoms with van der Waals surface area (Å²) >= 11 is 0. The molecule has 1 heterocycles. The fraction of sp³-hybridized carbons (Fsp3) is 0.600. The minimum Gasteiger partial charge on any atom is -0.273 e. The number of amides is 2. The summed E-state index contributed by atoms with van der Waals surface area (Å²) < 4.78 is 0. The van der Waals surface area contributed by atoms with Crippen LogP contribution in [-0.2, 0) is 9.59 Å². The van der Waals surface area contributed by atoms with Crippen molar-refractivity contribution in [1.82, 2.24) is 10.4 Å². The summed E-state index contributed by atoms with van der Waals surface area (Å²) in [7, 11) is 0. The van der Waals surface area contributed by atoms with Gasteiger partial charge in [0.2, 0.25) is 5.91 Å². The molecule has 0 aromatic rings. The van der Waals surface area contributed by atoms with Crippen LogP contribution in [0.1, 0.15) is 12.8 Å². The van der Waals surface area contributed by atoms with Gasteiger partial charge in [0, 0.05) is 13.0 Å². The normalized spacial score (nSPS) is 18.2. The molecule has 0 spiro atoms. The van der Waals surface area contributed by atoms with Gasteiger partial charge in [0.1, 0.15) is 0 Å². The first-order valence-electron chi connectivity index (χ1n) is 2.78. The number of nitrogens with one attached hydrogen (secondary N) is 1. The van der Waals surface area contributed by atoms with Crippen molar-refractivity contribution in [2.45, 2.75) is 12.8 Å². The predicted molar refractivity (Wildman–Crippen MR) is 29.8 cm³/mol. The van der Waals surface area contributed by atoms with Crippen LogP contribution in [0, 0.1) is 0 Å². The zero-order chi connectivity index (χ0) is 6.69. The van der Waals surface area contributed by atoms with E-state index in [2.05, 4.69) is 5.43 Å². The number of rotatable bonds is 2. The third-order valence-corrected chi connectivity index (χ3v) is 1.25. The predicted octanol–water partition coefficient (Wildman–Crippen LogP) is -0.819. The van der Waals surface area contributed by atoms with Gasteiger partial charge in [-0.3, -0.25) is 20.0 Å². The fourth-order valence-corrected chi connectivity index (χ4v) is 0.821. The lowest BCUT2D eigenvalue weighted by Gasteiger charge is -2.10. The molecule has 4 heteroatoms. The standard InChI is InChI=1S/C5H7N2O2/c8-4-6-7-3-1-2-5(7)9/h1-3H2,(H,6,8). The van der Waals surface area contributed by atoms with Gasteiger partial charge in [-0.25, -0.2) is 0 Å². The Hall–Kier alpha value is -1.06. The highest BCUT2D eigenvalue weighted by Gasteiger charge is 2.18. The first-order chi connectivity index (χ1) is 4.34. The van der Waals surface area contributed by atoms with Crippen molar-refractivity contribution in [2.75, 3.05) is 6.54 Å². The van der Waals surface area contributed by atoms with E-state index in [-0.39, 0.29) is 5.91 Å². The second-order valence-electron chi connectivity index (χ2n) is 1.86. The van der Waals surface area contributed by atoms with Crippen LogP contribution in [0.3, 0.4) is 0 Å². The summed E-state index contributed by atoms with van der Waals surface area (Å²) in [5.74, 6) is -0.0293. The largest absolute Gasteiger partial charge is 0.329 e. The Morgan fingerprint density at radius 1 is 1.67 bits per heavy atom. The maximum absolute atomic E-state index is 10.6. The lowest BCUT2D eigenvalue weighted by Crippen LogP contribution is -2.37. The Kier molecular flexibility index (Phi) is 1.67. The van der Waals surface area contributed by atoms with Gasteiger partial charge in [0.25, 0.3) is 0 Å². The maximum Gasteiger partial charge on any atom is 0.329 e. The molecule has 1 radical (unpaired) electrons. The van der Waals surface area contributed by atoms with Gasteiger partial charge in [0.05, 0.1) is 0 Å².